The molecule has 0 amide bonds. The van der Waals surface area contributed by atoms with E-state index in [1.165, 1.54) is 0 Å². The number of benzene rings is 1. The van der Waals surface area contributed by atoms with Gasteiger partial charge in [0.1, 0.15) is 4.99 Å². The molecule has 1 aromatic rings. The number of thiocarbonyl (C=S) groups is 1. The summed E-state index contributed by atoms with van der Waals surface area (Å²) in [4.78, 5) is 0.294. The number of hydrogen-bond donors (Lipinski definition) is 1. The molecule has 2 N–H and O–H groups in total. The first-order chi connectivity index (χ1) is 8.29. The molecule has 0 unspecified atom stereocenters. The number of rotatable bonds is 5. The molecule has 0 atom stereocenters. The van der Waals surface area contributed by atoms with Crippen LogP contribution in [0, 0.1) is 6.92 Å². The lowest BCUT2D eigenvalue weighted by Crippen LogP contribution is -2.12. The van der Waals surface area contributed by atoms with E-state index in [1.54, 1.807) is 18.2 Å². The van der Waals surface area contributed by atoms with Crippen molar-refractivity contribution < 1.29 is 17.9 Å². The minimum Gasteiger partial charge on any atom is -0.389 e. The van der Waals surface area contributed by atoms with Crippen LogP contribution in [0.4, 0.5) is 13.2 Å². The molecule has 0 aliphatic carbocycles. The van der Waals surface area contributed by atoms with E-state index in [9.17, 15) is 13.2 Å². The van der Waals surface area contributed by atoms with Gasteiger partial charge in [-0.15, -0.1) is 0 Å². The second-order valence-electron chi connectivity index (χ2n) is 3.92. The monoisotopic (exact) mass is 277 g/mol. The van der Waals surface area contributed by atoms with Crippen molar-refractivity contribution in [1.82, 2.24) is 0 Å². The molecule has 18 heavy (non-hydrogen) atoms. The summed E-state index contributed by atoms with van der Waals surface area (Å²) >= 11 is 4.83. The number of halogens is 3. The van der Waals surface area contributed by atoms with E-state index in [-0.39, 0.29) is 13.2 Å². The Morgan fingerprint density at radius 2 is 2.06 bits per heavy atom. The van der Waals surface area contributed by atoms with E-state index in [0.717, 1.165) is 16.7 Å². The Morgan fingerprint density at radius 1 is 1.39 bits per heavy atom. The Bertz CT molecular complexity index is 432. The fourth-order valence-electron chi connectivity index (χ4n) is 1.38. The first-order valence-corrected chi connectivity index (χ1v) is 5.74. The van der Waals surface area contributed by atoms with Gasteiger partial charge in [-0.2, -0.15) is 13.2 Å². The lowest BCUT2D eigenvalue weighted by molar-refractivity contribution is -0.146. The van der Waals surface area contributed by atoms with Crippen molar-refractivity contribution in [3.63, 3.8) is 0 Å². The van der Waals surface area contributed by atoms with Crippen molar-refractivity contribution in [2.75, 3.05) is 6.61 Å². The maximum atomic E-state index is 11.9. The zero-order valence-electron chi connectivity index (χ0n) is 9.88. The van der Waals surface area contributed by atoms with Gasteiger partial charge in [0.05, 0.1) is 19.6 Å². The summed E-state index contributed by atoms with van der Waals surface area (Å²) in [6, 6.07) is 5.29. The fourth-order valence-corrected chi connectivity index (χ4v) is 1.51. The summed E-state index contributed by atoms with van der Waals surface area (Å²) < 4.78 is 40.7. The van der Waals surface area contributed by atoms with Crippen LogP contribution in [0.2, 0.25) is 0 Å². The van der Waals surface area contributed by atoms with Crippen LogP contribution >= 0.6 is 12.2 Å². The third kappa shape index (κ3) is 5.01. The predicted molar refractivity (Wildman–Crippen MR) is 67.4 cm³/mol. The summed E-state index contributed by atoms with van der Waals surface area (Å²) in [7, 11) is 0. The third-order valence-corrected chi connectivity index (χ3v) is 2.65. The van der Waals surface area contributed by atoms with Crippen molar-refractivity contribution in [3.05, 3.63) is 34.9 Å². The highest BCUT2D eigenvalue weighted by molar-refractivity contribution is 7.80. The highest BCUT2D eigenvalue weighted by atomic mass is 32.1. The quantitative estimate of drug-likeness (QED) is 0.663. The van der Waals surface area contributed by atoms with Gasteiger partial charge in [-0.3, -0.25) is 0 Å². The van der Waals surface area contributed by atoms with Crippen LogP contribution in [-0.2, 0) is 11.3 Å². The minimum atomic E-state index is -4.18. The van der Waals surface area contributed by atoms with E-state index in [1.807, 2.05) is 6.92 Å². The van der Waals surface area contributed by atoms with E-state index < -0.39 is 12.6 Å². The van der Waals surface area contributed by atoms with Crippen LogP contribution in [0.5, 0.6) is 0 Å². The molecule has 1 rings (SSSR count). The predicted octanol–water partition coefficient (Wildman–Crippen LogP) is 3.10. The highest BCUT2D eigenvalue weighted by Crippen LogP contribution is 2.19. The first-order valence-electron chi connectivity index (χ1n) is 5.33. The van der Waals surface area contributed by atoms with E-state index in [4.69, 9.17) is 22.7 Å². The maximum absolute atomic E-state index is 11.9. The van der Waals surface area contributed by atoms with Gasteiger partial charge in [0.25, 0.3) is 0 Å². The standard InChI is InChI=1S/C12H14F3NOS/c1-8-6-9(11(16)18)2-3-10(8)7-17-5-4-12(13,14)15/h2-3,6H,4-5,7H2,1H3,(H2,16,18). The molecule has 0 fully saturated rings. The Hall–Kier alpha value is -1.14. The molecular formula is C12H14F3NOS. The van der Waals surface area contributed by atoms with Gasteiger partial charge in [-0.05, 0) is 24.1 Å². The molecule has 100 valence electrons. The molecule has 0 heterocycles. The third-order valence-electron chi connectivity index (χ3n) is 2.41. The Morgan fingerprint density at radius 3 is 2.56 bits per heavy atom. The van der Waals surface area contributed by atoms with Crippen LogP contribution in [-0.4, -0.2) is 17.8 Å². The van der Waals surface area contributed by atoms with Crippen LogP contribution < -0.4 is 5.73 Å². The van der Waals surface area contributed by atoms with Crippen LogP contribution in [0.15, 0.2) is 18.2 Å². The molecule has 2 nitrogen and oxygen atoms in total. The van der Waals surface area contributed by atoms with Crippen molar-refractivity contribution in [2.45, 2.75) is 26.1 Å². The number of ether oxygens (including phenoxy) is 1. The van der Waals surface area contributed by atoms with Crippen LogP contribution in [0.3, 0.4) is 0 Å². The van der Waals surface area contributed by atoms with Gasteiger partial charge in [0.15, 0.2) is 0 Å². The molecule has 0 radical (unpaired) electrons. The zero-order valence-corrected chi connectivity index (χ0v) is 10.7. The van der Waals surface area contributed by atoms with E-state index in [0.29, 0.717) is 4.99 Å². The lowest BCUT2D eigenvalue weighted by Gasteiger charge is -2.10. The molecular weight excluding hydrogens is 263 g/mol. The first kappa shape index (κ1) is 14.9. The van der Waals surface area contributed by atoms with Crippen molar-refractivity contribution in [2.24, 2.45) is 5.73 Å². The summed E-state index contributed by atoms with van der Waals surface area (Å²) in [5, 5.41) is 0. The fraction of sp³-hybridized carbons (Fsp3) is 0.417. The van der Waals surface area contributed by atoms with E-state index >= 15 is 0 Å². The van der Waals surface area contributed by atoms with Crippen LogP contribution in [0.25, 0.3) is 0 Å². The smallest absolute Gasteiger partial charge is 0.389 e. The lowest BCUT2D eigenvalue weighted by atomic mass is 10.1. The molecule has 0 saturated heterocycles. The van der Waals surface area contributed by atoms with Crippen molar-refractivity contribution in [1.29, 1.82) is 0 Å². The number of nitrogens with two attached hydrogens (primary N) is 1. The number of aryl methyl sites for hydroxylation is 1. The van der Waals surface area contributed by atoms with Crippen molar-refractivity contribution >= 4 is 17.2 Å². The van der Waals surface area contributed by atoms with Crippen molar-refractivity contribution in [3.8, 4) is 0 Å². The molecule has 0 bridgehead atoms. The average Bonchev–Trinajstić information content (AvgIpc) is 2.24. The molecule has 0 saturated carbocycles. The second kappa shape index (κ2) is 6.15. The van der Waals surface area contributed by atoms with Gasteiger partial charge in [-0.25, -0.2) is 0 Å². The molecule has 0 aliphatic heterocycles. The number of hydrogen-bond acceptors (Lipinski definition) is 2. The van der Waals surface area contributed by atoms with Crippen LogP contribution in [0.1, 0.15) is 23.1 Å². The average molecular weight is 277 g/mol. The summed E-state index contributed by atoms with van der Waals surface area (Å²) in [6.07, 6.45) is -5.11. The van der Waals surface area contributed by atoms with E-state index in [2.05, 4.69) is 0 Å². The van der Waals surface area contributed by atoms with Gasteiger partial charge in [0.2, 0.25) is 0 Å². The molecule has 1 aromatic carbocycles. The Balaban J connectivity index is 2.51. The molecule has 0 spiro atoms. The van der Waals surface area contributed by atoms with Gasteiger partial charge < -0.3 is 10.5 Å². The zero-order chi connectivity index (χ0) is 13.8. The normalized spacial score (nSPS) is 11.6. The largest absolute Gasteiger partial charge is 0.391 e. The van der Waals surface area contributed by atoms with Gasteiger partial charge >= 0.3 is 6.18 Å². The summed E-state index contributed by atoms with van der Waals surface area (Å²) in [6.45, 7) is 1.66. The highest BCUT2D eigenvalue weighted by Gasteiger charge is 2.26. The Labute approximate surface area is 109 Å². The minimum absolute atomic E-state index is 0.152. The SMILES string of the molecule is Cc1cc(C(N)=S)ccc1COCCC(F)(F)F. The van der Waals surface area contributed by atoms with Gasteiger partial charge in [0, 0.05) is 5.56 Å². The Kier molecular flexibility index (Phi) is 5.10. The number of alkyl halides is 3. The molecule has 0 aliphatic rings. The molecule has 6 heteroatoms. The molecule has 0 aromatic heterocycles. The summed E-state index contributed by atoms with van der Waals surface area (Å²) in [5.74, 6) is 0. The van der Waals surface area contributed by atoms with Gasteiger partial charge in [-0.1, -0.05) is 24.4 Å². The topological polar surface area (TPSA) is 35.2 Å². The second-order valence-corrected chi connectivity index (χ2v) is 4.36. The summed E-state index contributed by atoms with van der Waals surface area (Å²) in [5.41, 5.74) is 7.94. The maximum Gasteiger partial charge on any atom is 0.391 e.